The zero-order valence-electron chi connectivity index (χ0n) is 16.4. The van der Waals surface area contributed by atoms with Crippen molar-refractivity contribution in [1.29, 1.82) is 0 Å². The highest BCUT2D eigenvalue weighted by Gasteiger charge is 2.22. The molecule has 1 aromatic rings. The van der Waals surface area contributed by atoms with E-state index in [1.165, 1.54) is 0 Å². The van der Waals surface area contributed by atoms with E-state index in [9.17, 15) is 9.59 Å². The van der Waals surface area contributed by atoms with Crippen LogP contribution in [0, 0.1) is 12.8 Å². The number of unbranched alkanes of at least 4 members (excludes halogenated alkanes) is 1. The molecule has 0 atom stereocenters. The molecule has 1 aromatic carbocycles. The van der Waals surface area contributed by atoms with Gasteiger partial charge in [-0.15, -0.1) is 0 Å². The van der Waals surface area contributed by atoms with Gasteiger partial charge in [-0.3, -0.25) is 4.79 Å². The van der Waals surface area contributed by atoms with Gasteiger partial charge in [0.15, 0.2) is 0 Å². The van der Waals surface area contributed by atoms with E-state index in [1.54, 1.807) is 0 Å². The number of nitrogens with one attached hydrogen (secondary N) is 2. The molecule has 0 unspecified atom stereocenters. The third-order valence-corrected chi connectivity index (χ3v) is 4.86. The molecule has 1 aliphatic heterocycles. The van der Waals surface area contributed by atoms with E-state index in [4.69, 9.17) is 10.5 Å². The van der Waals surface area contributed by atoms with Crippen LogP contribution in [0.25, 0.3) is 0 Å². The van der Waals surface area contributed by atoms with Crippen molar-refractivity contribution >= 4 is 17.6 Å². The maximum absolute atomic E-state index is 12.1. The SMILES string of the molecule is CCOc1cc(C)ccc1NC(=O)NCCCCN1CCC(C(N)=O)CC1. The maximum Gasteiger partial charge on any atom is 0.319 e. The fourth-order valence-electron chi connectivity index (χ4n) is 3.28. The number of anilines is 1. The summed E-state index contributed by atoms with van der Waals surface area (Å²) in [7, 11) is 0. The van der Waals surface area contributed by atoms with Gasteiger partial charge in [-0.1, -0.05) is 6.07 Å². The minimum atomic E-state index is -0.220. The summed E-state index contributed by atoms with van der Waals surface area (Å²) in [4.78, 5) is 25.6. The Kier molecular flexibility index (Phi) is 8.39. The van der Waals surface area contributed by atoms with Crippen molar-refractivity contribution in [3.63, 3.8) is 0 Å². The maximum atomic E-state index is 12.1. The van der Waals surface area contributed by atoms with Crippen molar-refractivity contribution in [2.45, 2.75) is 39.5 Å². The first-order valence-corrected chi connectivity index (χ1v) is 9.79. The van der Waals surface area contributed by atoms with Crippen molar-refractivity contribution < 1.29 is 14.3 Å². The Balaban J connectivity index is 1.62. The summed E-state index contributed by atoms with van der Waals surface area (Å²) in [5.74, 6) is 0.549. The van der Waals surface area contributed by atoms with Gasteiger partial charge in [0, 0.05) is 12.5 Å². The van der Waals surface area contributed by atoms with Crippen molar-refractivity contribution in [1.82, 2.24) is 10.2 Å². The van der Waals surface area contributed by atoms with Gasteiger partial charge >= 0.3 is 6.03 Å². The molecule has 150 valence electrons. The van der Waals surface area contributed by atoms with Gasteiger partial charge in [-0.25, -0.2) is 4.79 Å². The van der Waals surface area contributed by atoms with E-state index in [1.807, 2.05) is 32.0 Å². The zero-order chi connectivity index (χ0) is 19.6. The molecule has 0 aromatic heterocycles. The molecular weight excluding hydrogens is 344 g/mol. The number of benzene rings is 1. The minimum Gasteiger partial charge on any atom is -0.492 e. The number of hydrogen-bond acceptors (Lipinski definition) is 4. The lowest BCUT2D eigenvalue weighted by molar-refractivity contribution is -0.123. The molecular formula is C20H32N4O3. The number of likely N-dealkylation sites (tertiary alicyclic amines) is 1. The number of ether oxygens (including phenoxy) is 1. The molecule has 0 radical (unpaired) electrons. The topological polar surface area (TPSA) is 96.7 Å². The molecule has 4 N–H and O–H groups in total. The number of carbonyl (C=O) groups is 2. The van der Waals surface area contributed by atoms with Crippen LogP contribution in [0.1, 0.15) is 38.2 Å². The average Bonchev–Trinajstić information content (AvgIpc) is 2.64. The molecule has 0 saturated carbocycles. The van der Waals surface area contributed by atoms with Gasteiger partial charge in [0.1, 0.15) is 5.75 Å². The standard InChI is InChI=1S/C20H32N4O3/c1-3-27-18-14-15(2)6-7-17(18)23-20(26)22-10-4-5-11-24-12-8-16(9-13-24)19(21)25/h6-7,14,16H,3-5,8-13H2,1-2H3,(H2,21,25)(H2,22,23,26). The van der Waals surface area contributed by atoms with Crippen LogP contribution >= 0.6 is 0 Å². The number of rotatable bonds is 9. The predicted octanol–water partition coefficient (Wildman–Crippen LogP) is 2.49. The van der Waals surface area contributed by atoms with Crippen LogP contribution in [0.15, 0.2) is 18.2 Å². The third kappa shape index (κ3) is 7.09. The van der Waals surface area contributed by atoms with Crippen molar-refractivity contribution in [3.05, 3.63) is 23.8 Å². The van der Waals surface area contributed by atoms with Crippen LogP contribution in [0.2, 0.25) is 0 Å². The normalized spacial score (nSPS) is 15.3. The summed E-state index contributed by atoms with van der Waals surface area (Å²) in [5, 5.41) is 5.74. The average molecular weight is 377 g/mol. The summed E-state index contributed by atoms with van der Waals surface area (Å²) in [6, 6.07) is 5.50. The summed E-state index contributed by atoms with van der Waals surface area (Å²) in [6.07, 6.45) is 3.63. The quantitative estimate of drug-likeness (QED) is 0.577. The highest BCUT2D eigenvalue weighted by Crippen LogP contribution is 2.25. The Labute approximate surface area is 161 Å². The number of carbonyl (C=O) groups excluding carboxylic acids is 2. The molecule has 0 aliphatic carbocycles. The van der Waals surface area contributed by atoms with Crippen LogP contribution in [0.5, 0.6) is 5.75 Å². The zero-order valence-corrected chi connectivity index (χ0v) is 16.4. The van der Waals surface area contributed by atoms with E-state index in [0.29, 0.717) is 24.6 Å². The van der Waals surface area contributed by atoms with E-state index >= 15 is 0 Å². The second-order valence-corrected chi connectivity index (χ2v) is 7.04. The van der Waals surface area contributed by atoms with Crippen LogP contribution in [-0.2, 0) is 4.79 Å². The summed E-state index contributed by atoms with van der Waals surface area (Å²) in [5.41, 5.74) is 7.12. The monoisotopic (exact) mass is 376 g/mol. The van der Waals surface area contributed by atoms with Crippen LogP contribution in [-0.4, -0.2) is 49.6 Å². The number of aryl methyl sites for hydroxylation is 1. The molecule has 7 heteroatoms. The largest absolute Gasteiger partial charge is 0.492 e. The molecule has 27 heavy (non-hydrogen) atoms. The van der Waals surface area contributed by atoms with E-state index in [-0.39, 0.29) is 17.9 Å². The Bertz CT molecular complexity index is 628. The summed E-state index contributed by atoms with van der Waals surface area (Å²) >= 11 is 0. The van der Waals surface area contributed by atoms with E-state index in [0.717, 1.165) is 50.9 Å². The smallest absolute Gasteiger partial charge is 0.319 e. The van der Waals surface area contributed by atoms with Crippen LogP contribution < -0.4 is 21.1 Å². The van der Waals surface area contributed by atoms with E-state index < -0.39 is 0 Å². The number of piperidine rings is 1. The Morgan fingerprint density at radius 2 is 2.00 bits per heavy atom. The van der Waals surface area contributed by atoms with Crippen LogP contribution in [0.4, 0.5) is 10.5 Å². The lowest BCUT2D eigenvalue weighted by Gasteiger charge is -2.30. The molecule has 1 aliphatic rings. The Morgan fingerprint density at radius 3 is 2.67 bits per heavy atom. The minimum absolute atomic E-state index is 0.0370. The fourth-order valence-corrected chi connectivity index (χ4v) is 3.28. The van der Waals surface area contributed by atoms with Crippen LogP contribution in [0.3, 0.4) is 0 Å². The summed E-state index contributed by atoms with van der Waals surface area (Å²) < 4.78 is 5.57. The Hall–Kier alpha value is -2.28. The lowest BCUT2D eigenvalue weighted by atomic mass is 9.96. The van der Waals surface area contributed by atoms with Gasteiger partial charge in [0.05, 0.1) is 12.3 Å². The number of nitrogens with zero attached hydrogens (tertiary/aromatic N) is 1. The third-order valence-electron chi connectivity index (χ3n) is 4.86. The van der Waals surface area contributed by atoms with Gasteiger partial charge in [-0.2, -0.15) is 0 Å². The molecule has 0 spiro atoms. The van der Waals surface area contributed by atoms with Gasteiger partial charge < -0.3 is 26.0 Å². The van der Waals surface area contributed by atoms with Crippen molar-refractivity contribution in [3.8, 4) is 5.75 Å². The summed E-state index contributed by atoms with van der Waals surface area (Å²) in [6.45, 7) is 7.92. The molecule has 7 nitrogen and oxygen atoms in total. The molecule has 1 heterocycles. The molecule has 1 saturated heterocycles. The molecule has 2 rings (SSSR count). The van der Waals surface area contributed by atoms with Gasteiger partial charge in [-0.05, 0) is 76.9 Å². The number of urea groups is 1. The number of primary amides is 1. The second kappa shape index (κ2) is 10.8. The first-order chi connectivity index (χ1) is 13.0. The van der Waals surface area contributed by atoms with Crippen molar-refractivity contribution in [2.75, 3.05) is 38.1 Å². The number of amides is 3. The number of nitrogens with two attached hydrogens (primary N) is 1. The lowest BCUT2D eigenvalue weighted by Crippen LogP contribution is -2.39. The number of hydrogen-bond donors (Lipinski definition) is 3. The van der Waals surface area contributed by atoms with Crippen molar-refractivity contribution in [2.24, 2.45) is 11.7 Å². The Morgan fingerprint density at radius 1 is 1.26 bits per heavy atom. The predicted molar refractivity (Wildman–Crippen MR) is 107 cm³/mol. The molecule has 1 fully saturated rings. The highest BCUT2D eigenvalue weighted by molar-refractivity contribution is 5.90. The fraction of sp³-hybridized carbons (Fsp3) is 0.600. The molecule has 0 bridgehead atoms. The first kappa shape index (κ1) is 21.0. The molecule has 3 amide bonds. The van der Waals surface area contributed by atoms with E-state index in [2.05, 4.69) is 15.5 Å². The highest BCUT2D eigenvalue weighted by atomic mass is 16.5. The first-order valence-electron chi connectivity index (χ1n) is 9.79. The van der Waals surface area contributed by atoms with Gasteiger partial charge in [0.2, 0.25) is 5.91 Å². The second-order valence-electron chi connectivity index (χ2n) is 7.04. The van der Waals surface area contributed by atoms with Gasteiger partial charge in [0.25, 0.3) is 0 Å².